The highest BCUT2D eigenvalue weighted by Gasteiger charge is 2.00. The fraction of sp³-hybridized carbons (Fsp3) is 0.0667. The Labute approximate surface area is 120 Å². The second-order valence-electron chi connectivity index (χ2n) is 3.92. The minimum atomic E-state index is -0.274. The van der Waals surface area contributed by atoms with Crippen LogP contribution < -0.4 is 4.74 Å². The van der Waals surface area contributed by atoms with E-state index in [1.165, 1.54) is 31.4 Å². The number of benzene rings is 2. The molecule has 0 saturated heterocycles. The molecule has 0 saturated carbocycles. The maximum Gasteiger partial charge on any atom is 0.160 e. The van der Waals surface area contributed by atoms with Gasteiger partial charge in [-0.15, -0.1) is 0 Å². The zero-order chi connectivity index (χ0) is 15.8. The second kappa shape index (κ2) is 7.54. The standard InChI is InChI=1S/C8H8O3.C7H6O3/c1-11-8-3-2-6(5-9)4-7(8)10;8-4-5-1-2-6(9)7(10)3-5/h2-5,10H,1H3;1-4,9-10H. The second-order valence-corrected chi connectivity index (χ2v) is 3.92. The number of aromatic hydroxyl groups is 3. The van der Waals surface area contributed by atoms with Crippen LogP contribution in [0.25, 0.3) is 0 Å². The number of ether oxygens (including phenoxy) is 1. The third kappa shape index (κ3) is 4.54. The maximum atomic E-state index is 10.2. The fourth-order valence-electron chi connectivity index (χ4n) is 1.39. The van der Waals surface area contributed by atoms with Crippen LogP contribution in [0.4, 0.5) is 0 Å². The van der Waals surface area contributed by atoms with E-state index in [9.17, 15) is 9.59 Å². The molecule has 0 fully saturated rings. The van der Waals surface area contributed by atoms with Crippen molar-refractivity contribution in [2.24, 2.45) is 0 Å². The predicted molar refractivity (Wildman–Crippen MR) is 75.2 cm³/mol. The van der Waals surface area contributed by atoms with Crippen molar-refractivity contribution in [1.82, 2.24) is 0 Å². The van der Waals surface area contributed by atoms with Gasteiger partial charge in [-0.2, -0.15) is 0 Å². The van der Waals surface area contributed by atoms with Crippen molar-refractivity contribution in [3.63, 3.8) is 0 Å². The number of hydrogen-bond acceptors (Lipinski definition) is 6. The lowest BCUT2D eigenvalue weighted by Crippen LogP contribution is -1.85. The van der Waals surface area contributed by atoms with Crippen LogP contribution in [0.5, 0.6) is 23.0 Å². The Morgan fingerprint density at radius 3 is 1.76 bits per heavy atom. The van der Waals surface area contributed by atoms with Gasteiger partial charge in [0.1, 0.15) is 12.6 Å². The molecule has 6 heteroatoms. The van der Waals surface area contributed by atoms with Gasteiger partial charge in [-0.25, -0.2) is 0 Å². The third-order valence-corrected chi connectivity index (χ3v) is 2.47. The molecule has 0 atom stereocenters. The molecule has 0 bridgehead atoms. The summed E-state index contributed by atoms with van der Waals surface area (Å²) in [7, 11) is 1.45. The van der Waals surface area contributed by atoms with Gasteiger partial charge in [0.15, 0.2) is 23.0 Å². The first kappa shape index (κ1) is 16.0. The molecular weight excluding hydrogens is 276 g/mol. The summed E-state index contributed by atoms with van der Waals surface area (Å²) in [6, 6.07) is 8.35. The first-order valence-corrected chi connectivity index (χ1v) is 5.81. The van der Waals surface area contributed by atoms with Crippen LogP contribution in [0.2, 0.25) is 0 Å². The van der Waals surface area contributed by atoms with Gasteiger partial charge in [0.05, 0.1) is 7.11 Å². The Kier molecular flexibility index (Phi) is 5.76. The van der Waals surface area contributed by atoms with E-state index < -0.39 is 0 Å². The molecular formula is C15H14O6. The lowest BCUT2D eigenvalue weighted by molar-refractivity contribution is 0.111. The van der Waals surface area contributed by atoms with Gasteiger partial charge in [0.25, 0.3) is 0 Å². The van der Waals surface area contributed by atoms with Gasteiger partial charge < -0.3 is 20.1 Å². The highest BCUT2D eigenvalue weighted by atomic mass is 16.5. The number of phenolic OH excluding ortho intramolecular Hbond substituents is 3. The number of methoxy groups -OCH3 is 1. The average Bonchev–Trinajstić information content (AvgIpc) is 2.50. The van der Waals surface area contributed by atoms with Gasteiger partial charge in [-0.1, -0.05) is 0 Å². The van der Waals surface area contributed by atoms with E-state index in [-0.39, 0.29) is 17.2 Å². The molecule has 2 aromatic rings. The van der Waals surface area contributed by atoms with Crippen LogP contribution in [0.3, 0.4) is 0 Å². The van der Waals surface area contributed by atoms with Crippen LogP contribution in [-0.2, 0) is 0 Å². The molecule has 2 aromatic carbocycles. The van der Waals surface area contributed by atoms with Gasteiger partial charge in [0.2, 0.25) is 0 Å². The molecule has 0 unspecified atom stereocenters. The van der Waals surface area contributed by atoms with Crippen LogP contribution in [0.15, 0.2) is 36.4 Å². The number of rotatable bonds is 3. The highest BCUT2D eigenvalue weighted by molar-refractivity contribution is 5.76. The summed E-state index contributed by atoms with van der Waals surface area (Å²) < 4.78 is 4.78. The molecule has 0 spiro atoms. The van der Waals surface area contributed by atoms with E-state index >= 15 is 0 Å². The fourth-order valence-corrected chi connectivity index (χ4v) is 1.39. The molecule has 0 radical (unpaired) electrons. The molecule has 110 valence electrons. The topological polar surface area (TPSA) is 104 Å². The smallest absolute Gasteiger partial charge is 0.160 e. The van der Waals surface area contributed by atoms with E-state index in [1.807, 2.05) is 0 Å². The highest BCUT2D eigenvalue weighted by Crippen LogP contribution is 2.25. The van der Waals surface area contributed by atoms with Crippen molar-refractivity contribution in [2.45, 2.75) is 0 Å². The van der Waals surface area contributed by atoms with Gasteiger partial charge in [-0.3, -0.25) is 9.59 Å². The molecule has 6 nitrogen and oxygen atoms in total. The number of carbonyl (C=O) groups is 2. The number of hydrogen-bond donors (Lipinski definition) is 3. The molecule has 2 rings (SSSR count). The number of aldehydes is 2. The summed E-state index contributed by atoms with van der Waals surface area (Å²) in [6.45, 7) is 0. The molecule has 0 amide bonds. The van der Waals surface area contributed by atoms with Crippen LogP contribution in [0.1, 0.15) is 20.7 Å². The zero-order valence-corrected chi connectivity index (χ0v) is 11.2. The maximum absolute atomic E-state index is 10.2. The van der Waals surface area contributed by atoms with E-state index in [0.29, 0.717) is 29.4 Å². The summed E-state index contributed by atoms with van der Waals surface area (Å²) in [5.41, 5.74) is 0.776. The van der Waals surface area contributed by atoms with Crippen LogP contribution in [-0.4, -0.2) is 35.0 Å². The summed E-state index contributed by atoms with van der Waals surface area (Å²) >= 11 is 0. The molecule has 3 N–H and O–H groups in total. The summed E-state index contributed by atoms with van der Waals surface area (Å²) in [6.07, 6.45) is 1.26. The molecule has 0 aliphatic carbocycles. The third-order valence-electron chi connectivity index (χ3n) is 2.47. The van der Waals surface area contributed by atoms with Gasteiger partial charge in [0, 0.05) is 11.1 Å². The Bertz CT molecular complexity index is 636. The largest absolute Gasteiger partial charge is 0.504 e. The van der Waals surface area contributed by atoms with Crippen molar-refractivity contribution >= 4 is 12.6 Å². The zero-order valence-electron chi connectivity index (χ0n) is 11.2. The molecule has 21 heavy (non-hydrogen) atoms. The minimum Gasteiger partial charge on any atom is -0.504 e. The first-order valence-electron chi connectivity index (χ1n) is 5.81. The number of carbonyl (C=O) groups excluding carboxylic acids is 2. The van der Waals surface area contributed by atoms with Crippen molar-refractivity contribution in [1.29, 1.82) is 0 Å². The SMILES string of the molecule is COc1ccc(C=O)cc1O.O=Cc1ccc(O)c(O)c1. The minimum absolute atomic E-state index is 0.0166. The summed E-state index contributed by atoms with van der Waals surface area (Å²) in [5, 5.41) is 26.7. The van der Waals surface area contributed by atoms with Crippen molar-refractivity contribution in [3.05, 3.63) is 47.5 Å². The van der Waals surface area contributed by atoms with Crippen LogP contribution >= 0.6 is 0 Å². The molecule has 0 aliphatic rings. The van der Waals surface area contributed by atoms with E-state index in [2.05, 4.69) is 0 Å². The van der Waals surface area contributed by atoms with E-state index in [4.69, 9.17) is 20.1 Å². The monoisotopic (exact) mass is 290 g/mol. The Balaban J connectivity index is 0.000000211. The predicted octanol–water partition coefficient (Wildman–Crippen LogP) is 2.12. The average molecular weight is 290 g/mol. The van der Waals surface area contributed by atoms with Crippen molar-refractivity contribution in [3.8, 4) is 23.0 Å². The molecule has 0 aliphatic heterocycles. The Hall–Kier alpha value is -3.02. The summed E-state index contributed by atoms with van der Waals surface area (Å²) in [5.74, 6) is -0.136. The lowest BCUT2D eigenvalue weighted by Gasteiger charge is -2.01. The van der Waals surface area contributed by atoms with Crippen molar-refractivity contribution < 1.29 is 29.6 Å². The Morgan fingerprint density at radius 2 is 1.33 bits per heavy atom. The molecule has 0 aromatic heterocycles. The van der Waals surface area contributed by atoms with Crippen LogP contribution in [0, 0.1) is 0 Å². The van der Waals surface area contributed by atoms with E-state index in [1.54, 1.807) is 12.1 Å². The quantitative estimate of drug-likeness (QED) is 0.591. The first-order chi connectivity index (χ1) is 10.0. The Morgan fingerprint density at radius 1 is 0.810 bits per heavy atom. The van der Waals surface area contributed by atoms with Gasteiger partial charge >= 0.3 is 0 Å². The lowest BCUT2D eigenvalue weighted by atomic mass is 10.2. The normalized spacial score (nSPS) is 9.19. The van der Waals surface area contributed by atoms with E-state index in [0.717, 1.165) is 0 Å². The van der Waals surface area contributed by atoms with Crippen molar-refractivity contribution in [2.75, 3.05) is 7.11 Å². The summed E-state index contributed by atoms with van der Waals surface area (Å²) in [4.78, 5) is 20.3. The number of phenols is 3. The molecule has 0 heterocycles. The van der Waals surface area contributed by atoms with Gasteiger partial charge in [-0.05, 0) is 36.4 Å².